The fourth-order valence-corrected chi connectivity index (χ4v) is 10.6. The number of hydrogen-bond donors (Lipinski definition) is 2. The van der Waals surface area contributed by atoms with Gasteiger partial charge in [-0.2, -0.15) is 0 Å². The minimum Gasteiger partial charge on any atom is -0.756 e. The van der Waals surface area contributed by atoms with E-state index in [9.17, 15) is 19.4 Å². The zero-order valence-electron chi connectivity index (χ0n) is 51.2. The Hall–Kier alpha value is -1.54. The Morgan fingerprint density at radius 3 is 1.07 bits per heavy atom. The molecule has 0 spiro atoms. The van der Waals surface area contributed by atoms with Crippen LogP contribution in [-0.4, -0.2) is 68.5 Å². The van der Waals surface area contributed by atoms with E-state index in [0.29, 0.717) is 17.4 Å². The van der Waals surface area contributed by atoms with E-state index >= 15 is 0 Å². The predicted octanol–water partition coefficient (Wildman–Crippen LogP) is 20.0. The second kappa shape index (κ2) is 58.1. The van der Waals surface area contributed by atoms with E-state index in [-0.39, 0.29) is 12.5 Å². The SMILES string of the molecule is CCCCCCC/C=C/CC/C=C/CC/C=C/C(O)C(COP(=O)([O-])OCC[N+](C)(C)C)NC(=O)CCCCCCCCCCCCCCCCCCCCCCCCCCCCC/C=C\CCCCCCCCCC. The molecule has 0 aromatic rings. The van der Waals surface area contributed by atoms with E-state index in [1.807, 2.05) is 27.2 Å². The summed E-state index contributed by atoms with van der Waals surface area (Å²) in [5.74, 6) is -0.207. The van der Waals surface area contributed by atoms with Gasteiger partial charge < -0.3 is 28.8 Å². The quantitative estimate of drug-likeness (QED) is 0.0272. The van der Waals surface area contributed by atoms with E-state index in [1.165, 1.54) is 257 Å². The number of phosphoric acid groups is 1. The van der Waals surface area contributed by atoms with Gasteiger partial charge in [-0.25, -0.2) is 0 Å². The summed E-state index contributed by atoms with van der Waals surface area (Å²) < 4.78 is 23.3. The predicted molar refractivity (Wildman–Crippen MR) is 330 cm³/mol. The van der Waals surface area contributed by atoms with Gasteiger partial charge in [0, 0.05) is 6.42 Å². The van der Waals surface area contributed by atoms with Crippen molar-refractivity contribution in [3.05, 3.63) is 48.6 Å². The molecule has 0 heterocycles. The van der Waals surface area contributed by atoms with Crippen LogP contribution in [0.4, 0.5) is 0 Å². The summed E-state index contributed by atoms with van der Waals surface area (Å²) in [6.07, 6.45) is 78.2. The highest BCUT2D eigenvalue weighted by molar-refractivity contribution is 7.45. The third-order valence-electron chi connectivity index (χ3n) is 15.0. The lowest BCUT2D eigenvalue weighted by molar-refractivity contribution is -0.870. The Balaban J connectivity index is 3.91. The standard InChI is InChI=1S/C67H129N2O6P/c1-6-8-10-12-14-16-18-20-22-23-24-25-26-27-28-29-30-31-32-33-34-35-36-37-38-39-40-41-42-43-44-45-47-49-51-53-55-57-59-61-67(71)68-65(64-75-76(72,73)74-63-62-69(3,4)5)66(70)60-58-56-54-52-50-48-46-21-19-17-15-13-11-9-7-2/h19,21,23-24,50,52,58,60,65-66,70H,6-18,20,22,25-49,51,53-57,59,61-64H2,1-5H3,(H-,68,71,72,73)/b21-19+,24-23-,52-50+,60-58+. The highest BCUT2D eigenvalue weighted by Crippen LogP contribution is 2.38. The molecular weight excluding hydrogens is 960 g/mol. The number of nitrogens with zero attached hydrogens (tertiary/aromatic N) is 1. The van der Waals surface area contributed by atoms with Gasteiger partial charge in [0.2, 0.25) is 5.91 Å². The van der Waals surface area contributed by atoms with Crippen LogP contribution in [0.1, 0.15) is 322 Å². The van der Waals surface area contributed by atoms with Gasteiger partial charge >= 0.3 is 0 Å². The summed E-state index contributed by atoms with van der Waals surface area (Å²) in [6, 6.07) is -0.909. The van der Waals surface area contributed by atoms with Crippen LogP contribution in [0.3, 0.4) is 0 Å². The number of carbonyl (C=O) groups is 1. The first-order valence-electron chi connectivity index (χ1n) is 33.0. The number of allylic oxidation sites excluding steroid dienone is 7. The summed E-state index contributed by atoms with van der Waals surface area (Å²) in [4.78, 5) is 25.5. The topological polar surface area (TPSA) is 108 Å². The minimum absolute atomic E-state index is 0.00814. The number of hydrogen-bond acceptors (Lipinski definition) is 6. The summed E-state index contributed by atoms with van der Waals surface area (Å²) in [6.45, 7) is 4.63. The van der Waals surface area contributed by atoms with Gasteiger partial charge in [0.05, 0.1) is 39.9 Å². The third kappa shape index (κ3) is 60.1. The monoisotopic (exact) mass is 1090 g/mol. The molecule has 1 amide bonds. The van der Waals surface area contributed by atoms with Crippen molar-refractivity contribution in [2.45, 2.75) is 334 Å². The fraction of sp³-hybridized carbons (Fsp3) is 0.866. The normalized spacial score (nSPS) is 14.0. The molecule has 76 heavy (non-hydrogen) atoms. The lowest BCUT2D eigenvalue weighted by atomic mass is 10.0. The highest BCUT2D eigenvalue weighted by atomic mass is 31.2. The Labute approximate surface area is 473 Å². The lowest BCUT2D eigenvalue weighted by Crippen LogP contribution is -2.45. The molecule has 0 aromatic heterocycles. The fourth-order valence-electron chi connectivity index (χ4n) is 9.83. The van der Waals surface area contributed by atoms with Crippen LogP contribution in [0.5, 0.6) is 0 Å². The van der Waals surface area contributed by atoms with E-state index in [1.54, 1.807) is 6.08 Å². The van der Waals surface area contributed by atoms with E-state index in [0.717, 1.165) is 44.9 Å². The molecule has 9 heteroatoms. The average Bonchev–Trinajstić information content (AvgIpc) is 3.38. The molecule has 0 bridgehead atoms. The van der Waals surface area contributed by atoms with Gasteiger partial charge in [-0.15, -0.1) is 0 Å². The second-order valence-corrected chi connectivity index (χ2v) is 25.2. The van der Waals surface area contributed by atoms with Crippen molar-refractivity contribution in [3.8, 4) is 0 Å². The van der Waals surface area contributed by atoms with Gasteiger partial charge in [-0.05, 0) is 70.6 Å². The number of amides is 1. The van der Waals surface area contributed by atoms with Crippen LogP contribution < -0.4 is 10.2 Å². The molecule has 0 aromatic carbocycles. The molecule has 0 radical (unpaired) electrons. The second-order valence-electron chi connectivity index (χ2n) is 23.8. The average molecular weight is 1090 g/mol. The molecular formula is C67H129N2O6P. The maximum Gasteiger partial charge on any atom is 0.268 e. The number of carbonyl (C=O) groups excluding carboxylic acids is 1. The molecule has 8 nitrogen and oxygen atoms in total. The molecule has 0 saturated carbocycles. The van der Waals surface area contributed by atoms with Crippen LogP contribution in [0.15, 0.2) is 48.6 Å². The van der Waals surface area contributed by atoms with Crippen LogP contribution in [0, 0.1) is 0 Å². The summed E-state index contributed by atoms with van der Waals surface area (Å²) in [5, 5.41) is 13.9. The van der Waals surface area contributed by atoms with E-state index in [2.05, 4.69) is 55.6 Å². The molecule has 0 aliphatic rings. The smallest absolute Gasteiger partial charge is 0.268 e. The highest BCUT2D eigenvalue weighted by Gasteiger charge is 2.23. The van der Waals surface area contributed by atoms with Gasteiger partial charge in [0.25, 0.3) is 7.82 Å². The summed E-state index contributed by atoms with van der Waals surface area (Å²) >= 11 is 0. The number of unbranched alkanes of at least 4 members (excludes halogenated alkanes) is 42. The van der Waals surface area contributed by atoms with Crippen LogP contribution in [-0.2, 0) is 18.4 Å². The maximum absolute atomic E-state index is 13.0. The van der Waals surface area contributed by atoms with Gasteiger partial charge in [-0.1, -0.05) is 294 Å². The number of likely N-dealkylation sites (N-methyl/N-ethyl adjacent to an activating group) is 1. The van der Waals surface area contributed by atoms with Crippen molar-refractivity contribution in [1.82, 2.24) is 5.32 Å². The third-order valence-corrected chi connectivity index (χ3v) is 16.0. The molecule has 3 unspecified atom stereocenters. The number of aliphatic hydroxyl groups excluding tert-OH is 1. The Morgan fingerprint density at radius 1 is 0.447 bits per heavy atom. The first kappa shape index (κ1) is 74.5. The van der Waals surface area contributed by atoms with E-state index < -0.39 is 26.6 Å². The molecule has 0 aliphatic heterocycles. The molecule has 0 fully saturated rings. The molecule has 0 rings (SSSR count). The number of phosphoric ester groups is 1. The van der Waals surface area contributed by atoms with Crippen molar-refractivity contribution in [2.24, 2.45) is 0 Å². The zero-order valence-corrected chi connectivity index (χ0v) is 52.1. The van der Waals surface area contributed by atoms with Crippen LogP contribution in [0.2, 0.25) is 0 Å². The minimum atomic E-state index is -4.61. The van der Waals surface area contributed by atoms with Gasteiger partial charge in [0.15, 0.2) is 0 Å². The van der Waals surface area contributed by atoms with Crippen molar-refractivity contribution in [1.29, 1.82) is 0 Å². The zero-order chi connectivity index (χ0) is 55.6. The number of nitrogens with one attached hydrogen (secondary N) is 1. The number of rotatable bonds is 61. The summed E-state index contributed by atoms with van der Waals surface area (Å²) in [7, 11) is 1.24. The number of aliphatic hydroxyl groups is 1. The van der Waals surface area contributed by atoms with Crippen molar-refractivity contribution in [3.63, 3.8) is 0 Å². The molecule has 0 saturated heterocycles. The van der Waals surface area contributed by atoms with Gasteiger partial charge in [-0.3, -0.25) is 9.36 Å². The largest absolute Gasteiger partial charge is 0.756 e. The Morgan fingerprint density at radius 2 is 0.737 bits per heavy atom. The van der Waals surface area contributed by atoms with Crippen LogP contribution >= 0.6 is 7.82 Å². The van der Waals surface area contributed by atoms with E-state index in [4.69, 9.17) is 9.05 Å². The van der Waals surface area contributed by atoms with Crippen molar-refractivity contribution >= 4 is 13.7 Å². The Bertz CT molecular complexity index is 1380. The molecule has 0 aliphatic carbocycles. The molecule has 2 N–H and O–H groups in total. The summed E-state index contributed by atoms with van der Waals surface area (Å²) in [5.41, 5.74) is 0. The van der Waals surface area contributed by atoms with Crippen molar-refractivity contribution in [2.75, 3.05) is 40.9 Å². The number of quaternary nitrogens is 1. The molecule has 448 valence electrons. The van der Waals surface area contributed by atoms with Crippen molar-refractivity contribution < 1.29 is 32.9 Å². The van der Waals surface area contributed by atoms with Crippen LogP contribution in [0.25, 0.3) is 0 Å². The first-order chi connectivity index (χ1) is 37.0. The van der Waals surface area contributed by atoms with Gasteiger partial charge in [0.1, 0.15) is 13.2 Å². The lowest BCUT2D eigenvalue weighted by Gasteiger charge is -2.29. The molecule has 3 atom stereocenters. The Kier molecular flexibility index (Phi) is 56.9. The first-order valence-corrected chi connectivity index (χ1v) is 34.5. The maximum atomic E-state index is 13.0.